The number of nitrogens with zero attached hydrogens (tertiary/aromatic N) is 2. The van der Waals surface area contributed by atoms with E-state index in [9.17, 15) is 9.90 Å². The molecule has 1 unspecified atom stereocenters. The summed E-state index contributed by atoms with van der Waals surface area (Å²) < 4.78 is 0. The summed E-state index contributed by atoms with van der Waals surface area (Å²) in [6.45, 7) is 8.27. The average Bonchev–Trinajstić information content (AvgIpc) is 3.09. The zero-order valence-electron chi connectivity index (χ0n) is 14.4. The van der Waals surface area contributed by atoms with Crippen molar-refractivity contribution in [3.8, 4) is 0 Å². The molecular weight excluding hydrogens is 308 g/mol. The second kappa shape index (κ2) is 9.40. The van der Waals surface area contributed by atoms with Gasteiger partial charge in [-0.2, -0.15) is 0 Å². The summed E-state index contributed by atoms with van der Waals surface area (Å²) in [5, 5.41) is 12.2. The van der Waals surface area contributed by atoms with Gasteiger partial charge in [-0.15, -0.1) is 11.3 Å². The molecule has 0 spiro atoms. The molecule has 1 N–H and O–H groups in total. The second-order valence-corrected chi connectivity index (χ2v) is 7.41. The molecule has 2 rings (SSSR count). The third-order valence-electron chi connectivity index (χ3n) is 4.61. The number of hydrogen-bond acceptors (Lipinski definition) is 4. The number of β-amino-alcohol motifs (C(OH)–C–C–N with tert-alkyl or cyclic N) is 1. The van der Waals surface area contributed by atoms with Crippen LogP contribution >= 0.6 is 11.3 Å². The number of carbonyl (C=O) groups is 1. The van der Waals surface area contributed by atoms with Crippen LogP contribution in [0.4, 0.5) is 0 Å². The van der Waals surface area contributed by atoms with Gasteiger partial charge in [0.25, 0.3) is 0 Å². The van der Waals surface area contributed by atoms with Crippen molar-refractivity contribution in [1.82, 2.24) is 9.80 Å². The van der Waals surface area contributed by atoms with E-state index in [4.69, 9.17) is 0 Å². The molecule has 4 nitrogen and oxygen atoms in total. The van der Waals surface area contributed by atoms with Gasteiger partial charge in [-0.05, 0) is 24.3 Å². The Morgan fingerprint density at radius 3 is 2.39 bits per heavy atom. The van der Waals surface area contributed by atoms with E-state index in [1.54, 1.807) is 11.3 Å². The highest BCUT2D eigenvalue weighted by Gasteiger charge is 2.27. The van der Waals surface area contributed by atoms with Crippen molar-refractivity contribution >= 4 is 17.2 Å². The molecule has 1 saturated heterocycles. The molecule has 0 aliphatic carbocycles. The fourth-order valence-electron chi connectivity index (χ4n) is 3.31. The van der Waals surface area contributed by atoms with E-state index >= 15 is 0 Å². The molecule has 1 aromatic rings. The minimum absolute atomic E-state index is 0.202. The predicted octanol–water partition coefficient (Wildman–Crippen LogP) is 3.14. The molecule has 23 heavy (non-hydrogen) atoms. The molecule has 1 amide bonds. The van der Waals surface area contributed by atoms with Gasteiger partial charge in [0.05, 0.1) is 0 Å². The van der Waals surface area contributed by atoms with E-state index in [0.717, 1.165) is 56.7 Å². The van der Waals surface area contributed by atoms with Crippen molar-refractivity contribution in [2.75, 3.05) is 32.7 Å². The number of rotatable bonds is 8. The summed E-state index contributed by atoms with van der Waals surface area (Å²) in [5.41, 5.74) is 0. The van der Waals surface area contributed by atoms with Crippen LogP contribution in [0.1, 0.15) is 50.5 Å². The van der Waals surface area contributed by atoms with Gasteiger partial charge in [0.1, 0.15) is 6.10 Å². The molecule has 5 heteroatoms. The molecule has 0 bridgehead atoms. The number of hydrogen-bond donors (Lipinski definition) is 1. The summed E-state index contributed by atoms with van der Waals surface area (Å²) in [5.74, 6) is 0.542. The lowest BCUT2D eigenvalue weighted by Gasteiger charge is -2.37. The van der Waals surface area contributed by atoms with E-state index in [0.29, 0.717) is 12.5 Å². The zero-order valence-corrected chi connectivity index (χ0v) is 15.2. The van der Waals surface area contributed by atoms with Crippen LogP contribution in [0.5, 0.6) is 0 Å². The molecule has 0 radical (unpaired) electrons. The van der Waals surface area contributed by atoms with Crippen LogP contribution in [-0.4, -0.2) is 53.5 Å². The monoisotopic (exact) mass is 338 g/mol. The molecule has 0 saturated carbocycles. The summed E-state index contributed by atoms with van der Waals surface area (Å²) in [6.07, 6.45) is 3.74. The predicted molar refractivity (Wildman–Crippen MR) is 95.6 cm³/mol. The summed E-state index contributed by atoms with van der Waals surface area (Å²) in [6, 6.07) is 3.95. The highest BCUT2D eigenvalue weighted by molar-refractivity contribution is 7.10. The molecule has 0 aromatic carbocycles. The number of piperazine rings is 1. The average molecular weight is 339 g/mol. The summed E-state index contributed by atoms with van der Waals surface area (Å²) in [7, 11) is 0. The van der Waals surface area contributed by atoms with Crippen LogP contribution in [0.15, 0.2) is 17.5 Å². The molecule has 1 atom stereocenters. The van der Waals surface area contributed by atoms with E-state index < -0.39 is 6.10 Å². The molecule has 1 aliphatic rings. The molecule has 2 heterocycles. The number of carbonyl (C=O) groups excluding carboxylic acids is 1. The van der Waals surface area contributed by atoms with Gasteiger partial charge < -0.3 is 10.0 Å². The van der Waals surface area contributed by atoms with E-state index in [1.165, 1.54) is 0 Å². The Bertz CT molecular complexity index is 450. The van der Waals surface area contributed by atoms with E-state index in [1.807, 2.05) is 22.4 Å². The van der Waals surface area contributed by atoms with Crippen molar-refractivity contribution in [2.45, 2.75) is 45.6 Å². The van der Waals surface area contributed by atoms with Crippen molar-refractivity contribution < 1.29 is 9.90 Å². The van der Waals surface area contributed by atoms with Crippen LogP contribution in [0.2, 0.25) is 0 Å². The lowest BCUT2D eigenvalue weighted by Crippen LogP contribution is -2.51. The van der Waals surface area contributed by atoms with Gasteiger partial charge in [-0.25, -0.2) is 0 Å². The maximum Gasteiger partial charge on any atom is 0.225 e. The minimum atomic E-state index is -0.412. The Balaban J connectivity index is 1.79. The fourth-order valence-corrected chi connectivity index (χ4v) is 4.02. The highest BCUT2D eigenvalue weighted by atomic mass is 32.1. The van der Waals surface area contributed by atoms with Gasteiger partial charge in [0, 0.05) is 43.5 Å². The largest absolute Gasteiger partial charge is 0.386 e. The SMILES string of the molecule is CCCC(CCC)C(=O)N1CCN(CC(O)c2cccs2)CC1. The lowest BCUT2D eigenvalue weighted by molar-refractivity contribution is -0.138. The maximum atomic E-state index is 12.7. The summed E-state index contributed by atoms with van der Waals surface area (Å²) in [4.78, 5) is 18.0. The zero-order chi connectivity index (χ0) is 16.7. The molecule has 1 fully saturated rings. The standard InChI is InChI=1S/C18H30N2O2S/c1-3-6-15(7-4-2)18(22)20-11-9-19(10-12-20)14-16(21)17-8-5-13-23-17/h5,8,13,15-16,21H,3-4,6-7,9-12,14H2,1-2H3. The van der Waals surface area contributed by atoms with Crippen LogP contribution < -0.4 is 0 Å². The Hall–Kier alpha value is -0.910. The normalized spacial score (nSPS) is 17.7. The maximum absolute atomic E-state index is 12.7. The topological polar surface area (TPSA) is 43.8 Å². The number of amides is 1. The molecule has 130 valence electrons. The number of thiophene rings is 1. The van der Waals surface area contributed by atoms with Crippen LogP contribution in [-0.2, 0) is 4.79 Å². The first-order chi connectivity index (χ1) is 11.2. The van der Waals surface area contributed by atoms with Crippen LogP contribution in [0, 0.1) is 5.92 Å². The Morgan fingerprint density at radius 1 is 1.22 bits per heavy atom. The Kier molecular flexibility index (Phi) is 7.53. The van der Waals surface area contributed by atoms with Crippen LogP contribution in [0.3, 0.4) is 0 Å². The van der Waals surface area contributed by atoms with Gasteiger partial charge in [-0.1, -0.05) is 32.8 Å². The van der Waals surface area contributed by atoms with Crippen molar-refractivity contribution in [2.24, 2.45) is 5.92 Å². The molecular formula is C18H30N2O2S. The fraction of sp³-hybridized carbons (Fsp3) is 0.722. The van der Waals surface area contributed by atoms with E-state index in [2.05, 4.69) is 18.7 Å². The van der Waals surface area contributed by atoms with Gasteiger partial charge in [0.15, 0.2) is 0 Å². The highest BCUT2D eigenvalue weighted by Crippen LogP contribution is 2.21. The number of aliphatic hydroxyl groups is 1. The van der Waals surface area contributed by atoms with Crippen molar-refractivity contribution in [3.05, 3.63) is 22.4 Å². The minimum Gasteiger partial charge on any atom is -0.386 e. The van der Waals surface area contributed by atoms with Crippen LogP contribution in [0.25, 0.3) is 0 Å². The Labute approximate surface area is 144 Å². The smallest absolute Gasteiger partial charge is 0.225 e. The second-order valence-electron chi connectivity index (χ2n) is 6.43. The molecule has 1 aliphatic heterocycles. The van der Waals surface area contributed by atoms with Gasteiger partial charge >= 0.3 is 0 Å². The first kappa shape index (κ1) is 18.4. The lowest BCUT2D eigenvalue weighted by atomic mass is 9.96. The third kappa shape index (κ3) is 5.30. The third-order valence-corrected chi connectivity index (χ3v) is 5.58. The van der Waals surface area contributed by atoms with Gasteiger partial charge in [-0.3, -0.25) is 9.69 Å². The first-order valence-corrected chi connectivity index (χ1v) is 9.76. The first-order valence-electron chi connectivity index (χ1n) is 8.88. The van der Waals surface area contributed by atoms with Gasteiger partial charge in [0.2, 0.25) is 5.91 Å². The van der Waals surface area contributed by atoms with Crippen molar-refractivity contribution in [1.29, 1.82) is 0 Å². The Morgan fingerprint density at radius 2 is 1.87 bits per heavy atom. The quantitative estimate of drug-likeness (QED) is 0.792. The summed E-state index contributed by atoms with van der Waals surface area (Å²) >= 11 is 1.60. The van der Waals surface area contributed by atoms with Crippen molar-refractivity contribution in [3.63, 3.8) is 0 Å². The molecule has 1 aromatic heterocycles. The van der Waals surface area contributed by atoms with E-state index in [-0.39, 0.29) is 5.92 Å². The number of aliphatic hydroxyl groups excluding tert-OH is 1.